The van der Waals surface area contributed by atoms with Crippen LogP contribution in [-0.2, 0) is 9.59 Å². The van der Waals surface area contributed by atoms with Crippen LogP contribution < -0.4 is 15.4 Å². The fourth-order valence-corrected chi connectivity index (χ4v) is 2.36. The number of amides is 2. The van der Waals surface area contributed by atoms with Gasteiger partial charge in [-0.2, -0.15) is 13.2 Å². The number of ether oxygens (including phenoxy) is 1. The van der Waals surface area contributed by atoms with Crippen molar-refractivity contribution in [2.24, 2.45) is 0 Å². The highest BCUT2D eigenvalue weighted by Gasteiger charge is 2.40. The summed E-state index contributed by atoms with van der Waals surface area (Å²) in [4.78, 5) is 23.6. The van der Waals surface area contributed by atoms with Crippen LogP contribution in [0.2, 0.25) is 0 Å². The average molecular weight is 380 g/mol. The summed E-state index contributed by atoms with van der Waals surface area (Å²) >= 11 is 0. The van der Waals surface area contributed by atoms with Crippen LogP contribution in [0.5, 0.6) is 5.75 Å². The van der Waals surface area contributed by atoms with Crippen LogP contribution in [0.15, 0.2) is 48.5 Å². The lowest BCUT2D eigenvalue weighted by Gasteiger charge is -2.20. The fourth-order valence-electron chi connectivity index (χ4n) is 2.36. The molecule has 0 radical (unpaired) electrons. The molecule has 0 saturated heterocycles. The molecule has 8 heteroatoms. The fraction of sp³-hybridized carbons (Fsp3) is 0.263. The van der Waals surface area contributed by atoms with Gasteiger partial charge in [-0.05, 0) is 36.8 Å². The van der Waals surface area contributed by atoms with Crippen molar-refractivity contribution in [1.82, 2.24) is 5.32 Å². The van der Waals surface area contributed by atoms with Gasteiger partial charge in [0.25, 0.3) is 0 Å². The molecule has 144 valence electrons. The Hall–Kier alpha value is -3.03. The van der Waals surface area contributed by atoms with E-state index in [0.717, 1.165) is 5.56 Å². The second kappa shape index (κ2) is 8.57. The molecule has 0 fully saturated rings. The van der Waals surface area contributed by atoms with Crippen molar-refractivity contribution in [3.05, 3.63) is 59.7 Å². The summed E-state index contributed by atoms with van der Waals surface area (Å²) in [6, 6.07) is 11.9. The minimum Gasteiger partial charge on any atom is -0.497 e. The van der Waals surface area contributed by atoms with Gasteiger partial charge in [-0.3, -0.25) is 9.59 Å². The topological polar surface area (TPSA) is 67.4 Å². The van der Waals surface area contributed by atoms with Crippen molar-refractivity contribution in [1.29, 1.82) is 0 Å². The minimum absolute atomic E-state index is 0.354. The molecule has 0 saturated carbocycles. The third-order valence-corrected chi connectivity index (χ3v) is 3.81. The Kier molecular flexibility index (Phi) is 6.44. The van der Waals surface area contributed by atoms with Gasteiger partial charge >= 0.3 is 12.1 Å². The van der Waals surface area contributed by atoms with Gasteiger partial charge in [0.05, 0.1) is 19.6 Å². The van der Waals surface area contributed by atoms with Crippen LogP contribution in [0.1, 0.15) is 23.6 Å². The Labute approximate surface area is 154 Å². The molecule has 0 aromatic heterocycles. The quantitative estimate of drug-likeness (QED) is 0.802. The summed E-state index contributed by atoms with van der Waals surface area (Å²) in [5.74, 6) is -2.13. The van der Waals surface area contributed by atoms with E-state index in [4.69, 9.17) is 4.74 Å². The number of hydrogen-bond acceptors (Lipinski definition) is 3. The minimum atomic E-state index is -5.04. The normalized spacial score (nSPS) is 12.2. The first-order valence-electron chi connectivity index (χ1n) is 8.07. The number of carbonyl (C=O) groups is 2. The van der Waals surface area contributed by atoms with Crippen molar-refractivity contribution in [2.75, 3.05) is 12.4 Å². The molecule has 2 aromatic carbocycles. The number of carbonyl (C=O) groups excluding carboxylic acids is 2. The van der Waals surface area contributed by atoms with Crippen molar-refractivity contribution in [3.63, 3.8) is 0 Å². The van der Waals surface area contributed by atoms with Gasteiger partial charge in [0.2, 0.25) is 5.91 Å². The molecule has 2 rings (SSSR count). The van der Waals surface area contributed by atoms with E-state index >= 15 is 0 Å². The van der Waals surface area contributed by atoms with Gasteiger partial charge in [0.15, 0.2) is 0 Å². The van der Waals surface area contributed by atoms with Gasteiger partial charge in [-0.15, -0.1) is 0 Å². The highest BCUT2D eigenvalue weighted by Crippen LogP contribution is 2.24. The number of hydrogen-bond donors (Lipinski definition) is 2. The Morgan fingerprint density at radius 2 is 1.63 bits per heavy atom. The largest absolute Gasteiger partial charge is 0.497 e. The summed E-state index contributed by atoms with van der Waals surface area (Å²) < 4.78 is 42.9. The number of aryl methyl sites for hydroxylation is 1. The van der Waals surface area contributed by atoms with Crippen LogP contribution in [0, 0.1) is 6.92 Å². The number of anilines is 1. The molecular formula is C19H19F3N2O3. The van der Waals surface area contributed by atoms with Gasteiger partial charge in [-0.1, -0.05) is 29.8 Å². The number of benzene rings is 2. The predicted molar refractivity (Wildman–Crippen MR) is 94.4 cm³/mol. The zero-order valence-electron chi connectivity index (χ0n) is 14.8. The highest BCUT2D eigenvalue weighted by molar-refractivity contribution is 5.92. The number of methoxy groups -OCH3 is 1. The molecule has 0 aliphatic heterocycles. The Morgan fingerprint density at radius 3 is 2.15 bits per heavy atom. The van der Waals surface area contributed by atoms with Crippen molar-refractivity contribution in [3.8, 4) is 5.75 Å². The Balaban J connectivity index is 2.16. The van der Waals surface area contributed by atoms with E-state index < -0.39 is 24.0 Å². The molecule has 0 unspecified atom stereocenters. The summed E-state index contributed by atoms with van der Waals surface area (Å²) in [7, 11) is 1.45. The first-order valence-corrected chi connectivity index (χ1v) is 8.07. The first-order chi connectivity index (χ1) is 12.7. The lowest BCUT2D eigenvalue weighted by atomic mass is 10.0. The summed E-state index contributed by atoms with van der Waals surface area (Å²) in [5, 5.41) is 4.48. The van der Waals surface area contributed by atoms with E-state index in [9.17, 15) is 22.8 Å². The van der Waals surface area contributed by atoms with Gasteiger partial charge in [0, 0.05) is 5.69 Å². The Morgan fingerprint density at radius 1 is 1.04 bits per heavy atom. The summed E-state index contributed by atoms with van der Waals surface area (Å²) in [6.45, 7) is 1.89. The van der Waals surface area contributed by atoms with Crippen LogP contribution in [0.3, 0.4) is 0 Å². The lowest BCUT2D eigenvalue weighted by Crippen LogP contribution is -2.40. The van der Waals surface area contributed by atoms with Gasteiger partial charge < -0.3 is 15.4 Å². The maximum Gasteiger partial charge on any atom is 0.471 e. The van der Waals surface area contributed by atoms with Crippen LogP contribution in [0.25, 0.3) is 0 Å². The van der Waals surface area contributed by atoms with E-state index in [1.54, 1.807) is 36.4 Å². The van der Waals surface area contributed by atoms with E-state index in [2.05, 4.69) is 5.32 Å². The third-order valence-electron chi connectivity index (χ3n) is 3.81. The molecule has 2 N–H and O–H groups in total. The van der Waals surface area contributed by atoms with Gasteiger partial charge in [-0.25, -0.2) is 0 Å². The number of halogens is 3. The van der Waals surface area contributed by atoms with E-state index in [1.807, 2.05) is 12.2 Å². The van der Waals surface area contributed by atoms with E-state index in [0.29, 0.717) is 17.0 Å². The van der Waals surface area contributed by atoms with Crippen molar-refractivity contribution in [2.45, 2.75) is 25.6 Å². The second-order valence-corrected chi connectivity index (χ2v) is 5.92. The number of nitrogens with one attached hydrogen (secondary N) is 2. The molecule has 2 amide bonds. The number of rotatable bonds is 6. The first kappa shape index (κ1) is 20.3. The molecular weight excluding hydrogens is 361 g/mol. The van der Waals surface area contributed by atoms with Gasteiger partial charge in [0.1, 0.15) is 5.75 Å². The SMILES string of the molecule is COc1ccc([C@H](CC(=O)Nc2ccc(C)cc2)NC(=O)C(F)(F)F)cc1. The lowest BCUT2D eigenvalue weighted by molar-refractivity contribution is -0.174. The molecule has 0 spiro atoms. The molecule has 0 aliphatic carbocycles. The highest BCUT2D eigenvalue weighted by atomic mass is 19.4. The zero-order chi connectivity index (χ0) is 20.0. The molecule has 1 atom stereocenters. The van der Waals surface area contributed by atoms with Crippen LogP contribution >= 0.6 is 0 Å². The van der Waals surface area contributed by atoms with Crippen LogP contribution in [-0.4, -0.2) is 25.1 Å². The molecule has 2 aromatic rings. The molecule has 27 heavy (non-hydrogen) atoms. The molecule has 0 bridgehead atoms. The summed E-state index contributed by atoms with van der Waals surface area (Å²) in [5.41, 5.74) is 1.87. The van der Waals surface area contributed by atoms with E-state index in [-0.39, 0.29) is 6.42 Å². The molecule has 0 aliphatic rings. The molecule has 0 heterocycles. The summed E-state index contributed by atoms with van der Waals surface area (Å²) in [6.07, 6.45) is -5.40. The van der Waals surface area contributed by atoms with E-state index in [1.165, 1.54) is 19.2 Å². The average Bonchev–Trinajstić information content (AvgIpc) is 2.62. The van der Waals surface area contributed by atoms with Crippen molar-refractivity contribution >= 4 is 17.5 Å². The maximum absolute atomic E-state index is 12.6. The van der Waals surface area contributed by atoms with Crippen LogP contribution in [0.4, 0.5) is 18.9 Å². The van der Waals surface area contributed by atoms with Crippen molar-refractivity contribution < 1.29 is 27.5 Å². The second-order valence-electron chi connectivity index (χ2n) is 5.92. The predicted octanol–water partition coefficient (Wildman–Crippen LogP) is 3.75. The monoisotopic (exact) mass is 380 g/mol. The third kappa shape index (κ3) is 6.02. The smallest absolute Gasteiger partial charge is 0.471 e. The molecule has 5 nitrogen and oxygen atoms in total. The zero-order valence-corrected chi connectivity index (χ0v) is 14.8. The maximum atomic E-state index is 12.6. The number of alkyl halides is 3. The Bertz CT molecular complexity index is 787. The standard InChI is InChI=1S/C19H19F3N2O3/c1-12-3-7-14(8-4-12)23-17(25)11-16(24-18(26)19(20,21)22)13-5-9-15(27-2)10-6-13/h3-10,16H,11H2,1-2H3,(H,23,25)(H,24,26)/t16-/m0/s1.